The Morgan fingerprint density at radius 1 is 1.42 bits per heavy atom. The Kier molecular flexibility index (Phi) is 2.18. The first-order valence-electron chi connectivity index (χ1n) is 4.29. The highest BCUT2D eigenvalue weighted by Gasteiger charge is 2.29. The molecule has 0 aliphatic heterocycles. The third kappa shape index (κ3) is 1.09. The molecular weight excluding hydrogens is 216 g/mol. The topological polar surface area (TPSA) is 17.1 Å². The highest BCUT2D eigenvalue weighted by atomic mass is 79.9. The molecular formula is C10H11BrO. The van der Waals surface area contributed by atoms with Crippen LogP contribution in [0.5, 0.6) is 0 Å². The highest BCUT2D eigenvalue weighted by Crippen LogP contribution is 2.40. The molecule has 3 aliphatic carbocycles. The molecule has 0 aromatic heterocycles. The van der Waals surface area contributed by atoms with Gasteiger partial charge in [0.2, 0.25) is 0 Å². The van der Waals surface area contributed by atoms with E-state index in [0.717, 1.165) is 23.6 Å². The number of alkyl halides is 1. The van der Waals surface area contributed by atoms with Gasteiger partial charge >= 0.3 is 0 Å². The molecule has 0 N–H and O–H groups in total. The number of aldehydes is 1. The van der Waals surface area contributed by atoms with Gasteiger partial charge in [-0.25, -0.2) is 0 Å². The molecule has 0 saturated heterocycles. The first-order chi connectivity index (χ1) is 5.86. The average molecular weight is 227 g/mol. The monoisotopic (exact) mass is 226 g/mol. The number of allylic oxidation sites excluding steroid dienone is 4. The SMILES string of the molecule is O=CC1=C(CBr)C2C=CC1CC2. The zero-order chi connectivity index (χ0) is 8.55. The fourth-order valence-corrected chi connectivity index (χ4v) is 2.90. The molecule has 0 radical (unpaired) electrons. The van der Waals surface area contributed by atoms with Gasteiger partial charge in [0.25, 0.3) is 0 Å². The molecule has 0 heterocycles. The maximum Gasteiger partial charge on any atom is 0.146 e. The van der Waals surface area contributed by atoms with Crippen LogP contribution < -0.4 is 0 Å². The van der Waals surface area contributed by atoms with Crippen LogP contribution in [-0.4, -0.2) is 11.6 Å². The highest BCUT2D eigenvalue weighted by molar-refractivity contribution is 9.09. The molecule has 0 aromatic rings. The first kappa shape index (κ1) is 8.24. The summed E-state index contributed by atoms with van der Waals surface area (Å²) in [4.78, 5) is 10.8. The second kappa shape index (κ2) is 3.17. The van der Waals surface area contributed by atoms with E-state index >= 15 is 0 Å². The largest absolute Gasteiger partial charge is 0.298 e. The summed E-state index contributed by atoms with van der Waals surface area (Å²) in [5, 5.41) is 0.854. The van der Waals surface area contributed by atoms with Gasteiger partial charge in [-0.15, -0.1) is 0 Å². The van der Waals surface area contributed by atoms with Gasteiger partial charge < -0.3 is 0 Å². The zero-order valence-corrected chi connectivity index (χ0v) is 8.38. The van der Waals surface area contributed by atoms with Crippen LogP contribution in [-0.2, 0) is 4.79 Å². The minimum Gasteiger partial charge on any atom is -0.298 e. The zero-order valence-electron chi connectivity index (χ0n) is 6.79. The summed E-state index contributed by atoms with van der Waals surface area (Å²) in [6, 6.07) is 0. The maximum atomic E-state index is 10.8. The third-order valence-corrected chi connectivity index (χ3v) is 3.46. The van der Waals surface area contributed by atoms with E-state index in [-0.39, 0.29) is 0 Å². The molecule has 2 atom stereocenters. The van der Waals surface area contributed by atoms with E-state index in [9.17, 15) is 4.79 Å². The van der Waals surface area contributed by atoms with E-state index in [0.29, 0.717) is 11.8 Å². The standard InChI is InChI=1S/C10H11BrO/c11-5-9-7-1-3-8(4-2-7)10(9)6-12/h1,3,6-8H,2,4-5H2. The summed E-state index contributed by atoms with van der Waals surface area (Å²) in [5.74, 6) is 0.953. The molecule has 2 heteroatoms. The summed E-state index contributed by atoms with van der Waals surface area (Å²) < 4.78 is 0. The minimum absolute atomic E-state index is 0.417. The number of halogens is 1. The smallest absolute Gasteiger partial charge is 0.146 e. The molecule has 2 bridgehead atoms. The molecule has 2 unspecified atom stereocenters. The van der Waals surface area contributed by atoms with Gasteiger partial charge in [-0.3, -0.25) is 4.79 Å². The van der Waals surface area contributed by atoms with Crippen LogP contribution in [0.4, 0.5) is 0 Å². The molecule has 3 rings (SSSR count). The summed E-state index contributed by atoms with van der Waals surface area (Å²) in [6.07, 6.45) is 7.85. The Balaban J connectivity index is 2.40. The van der Waals surface area contributed by atoms with Crippen LogP contribution in [0.3, 0.4) is 0 Å². The Morgan fingerprint density at radius 3 is 2.50 bits per heavy atom. The van der Waals surface area contributed by atoms with E-state index < -0.39 is 0 Å². The quantitative estimate of drug-likeness (QED) is 0.402. The van der Waals surface area contributed by atoms with Gasteiger partial charge in [0.1, 0.15) is 6.29 Å². The van der Waals surface area contributed by atoms with Gasteiger partial charge in [0.15, 0.2) is 0 Å². The van der Waals surface area contributed by atoms with Crippen LogP contribution in [0.25, 0.3) is 0 Å². The minimum atomic E-state index is 0.417. The number of hydrogen-bond donors (Lipinski definition) is 0. The molecule has 0 amide bonds. The second-order valence-corrected chi connectivity index (χ2v) is 3.97. The van der Waals surface area contributed by atoms with Crippen molar-refractivity contribution in [3.05, 3.63) is 23.3 Å². The van der Waals surface area contributed by atoms with Gasteiger partial charge in [-0.1, -0.05) is 28.1 Å². The number of hydrogen-bond acceptors (Lipinski definition) is 1. The van der Waals surface area contributed by atoms with Crippen molar-refractivity contribution in [2.24, 2.45) is 11.8 Å². The first-order valence-corrected chi connectivity index (χ1v) is 5.41. The van der Waals surface area contributed by atoms with E-state index in [1.165, 1.54) is 12.0 Å². The summed E-state index contributed by atoms with van der Waals surface area (Å²) in [5.41, 5.74) is 2.34. The number of carbonyl (C=O) groups is 1. The molecule has 0 aromatic carbocycles. The van der Waals surface area contributed by atoms with E-state index in [1.54, 1.807) is 0 Å². The van der Waals surface area contributed by atoms with Crippen molar-refractivity contribution in [2.75, 3.05) is 5.33 Å². The van der Waals surface area contributed by atoms with Gasteiger partial charge in [-0.2, -0.15) is 0 Å². The second-order valence-electron chi connectivity index (χ2n) is 3.41. The molecule has 64 valence electrons. The predicted molar refractivity (Wildman–Crippen MR) is 52.2 cm³/mol. The van der Waals surface area contributed by atoms with Crippen molar-refractivity contribution in [1.29, 1.82) is 0 Å². The fraction of sp³-hybridized carbons (Fsp3) is 0.500. The fourth-order valence-electron chi connectivity index (χ4n) is 2.16. The Hall–Kier alpha value is -0.370. The normalized spacial score (nSPS) is 32.8. The molecule has 12 heavy (non-hydrogen) atoms. The Labute approximate surface area is 80.7 Å². The van der Waals surface area contributed by atoms with Gasteiger partial charge in [0, 0.05) is 11.2 Å². The maximum absolute atomic E-state index is 10.8. The predicted octanol–water partition coefficient (Wildman–Crippen LogP) is 2.47. The summed E-state index contributed by atoms with van der Waals surface area (Å²) in [7, 11) is 0. The van der Waals surface area contributed by atoms with Crippen LogP contribution in [0.1, 0.15) is 12.8 Å². The Morgan fingerprint density at radius 2 is 2.08 bits per heavy atom. The Bertz CT molecular complexity index is 265. The van der Waals surface area contributed by atoms with Crippen molar-refractivity contribution in [3.8, 4) is 0 Å². The van der Waals surface area contributed by atoms with Crippen molar-refractivity contribution in [1.82, 2.24) is 0 Å². The lowest BCUT2D eigenvalue weighted by Crippen LogP contribution is -2.23. The average Bonchev–Trinajstić information content (AvgIpc) is 2.18. The molecule has 3 aliphatic rings. The van der Waals surface area contributed by atoms with Crippen molar-refractivity contribution in [3.63, 3.8) is 0 Å². The number of rotatable bonds is 2. The van der Waals surface area contributed by atoms with Crippen LogP contribution >= 0.6 is 15.9 Å². The summed E-state index contributed by atoms with van der Waals surface area (Å²) in [6.45, 7) is 0. The van der Waals surface area contributed by atoms with Crippen molar-refractivity contribution in [2.45, 2.75) is 12.8 Å². The summed E-state index contributed by atoms with van der Waals surface area (Å²) >= 11 is 3.44. The lowest BCUT2D eigenvalue weighted by molar-refractivity contribution is -0.105. The number of carbonyl (C=O) groups excluding carboxylic acids is 1. The lowest BCUT2D eigenvalue weighted by Gasteiger charge is -2.33. The molecule has 1 nitrogen and oxygen atoms in total. The molecule has 0 saturated carbocycles. The third-order valence-electron chi connectivity index (χ3n) is 2.85. The van der Waals surface area contributed by atoms with Crippen LogP contribution in [0.2, 0.25) is 0 Å². The van der Waals surface area contributed by atoms with E-state index in [4.69, 9.17) is 0 Å². The van der Waals surface area contributed by atoms with Crippen molar-refractivity contribution < 1.29 is 4.79 Å². The van der Waals surface area contributed by atoms with E-state index in [2.05, 4.69) is 28.1 Å². The van der Waals surface area contributed by atoms with Gasteiger partial charge in [0.05, 0.1) is 0 Å². The van der Waals surface area contributed by atoms with Crippen LogP contribution in [0.15, 0.2) is 23.3 Å². The van der Waals surface area contributed by atoms with Gasteiger partial charge in [-0.05, 0) is 29.9 Å². The van der Waals surface area contributed by atoms with E-state index in [1.807, 2.05) is 0 Å². The number of fused-ring (bicyclic) bond motifs is 1. The van der Waals surface area contributed by atoms with Crippen molar-refractivity contribution >= 4 is 22.2 Å². The lowest BCUT2D eigenvalue weighted by atomic mass is 9.72. The van der Waals surface area contributed by atoms with Crippen LogP contribution in [0, 0.1) is 11.8 Å². The molecule has 0 spiro atoms. The molecule has 0 fully saturated rings.